The number of oxime groups is 1. The third kappa shape index (κ3) is 2.49. The summed E-state index contributed by atoms with van der Waals surface area (Å²) >= 11 is 0. The first kappa shape index (κ1) is 8.52. The zero-order valence-corrected chi connectivity index (χ0v) is 7.23. The van der Waals surface area contributed by atoms with Crippen LogP contribution in [0, 0.1) is 0 Å². The lowest BCUT2D eigenvalue weighted by molar-refractivity contribution is 0.158. The molecule has 1 aliphatic heterocycles. The van der Waals surface area contributed by atoms with E-state index in [-0.39, 0.29) is 11.5 Å². The highest BCUT2D eigenvalue weighted by atomic mass is 32.2. The molecule has 0 saturated carbocycles. The first-order valence-corrected chi connectivity index (χ1v) is 5.34. The van der Waals surface area contributed by atoms with Crippen LogP contribution >= 0.6 is 0 Å². The van der Waals surface area contributed by atoms with Gasteiger partial charge in [-0.1, -0.05) is 5.16 Å². The van der Waals surface area contributed by atoms with Crippen LogP contribution in [-0.2, 0) is 14.7 Å². The second-order valence-corrected chi connectivity index (χ2v) is 4.60. The molecule has 0 spiro atoms. The average molecular weight is 177 g/mol. The molecule has 0 radical (unpaired) electrons. The van der Waals surface area contributed by atoms with E-state index >= 15 is 0 Å². The van der Waals surface area contributed by atoms with Gasteiger partial charge in [0.15, 0.2) is 9.84 Å². The third-order valence-electron chi connectivity index (χ3n) is 1.41. The van der Waals surface area contributed by atoms with Crippen LogP contribution in [0.2, 0.25) is 0 Å². The van der Waals surface area contributed by atoms with Gasteiger partial charge in [-0.15, -0.1) is 0 Å². The summed E-state index contributed by atoms with van der Waals surface area (Å²) in [6.07, 6.45) is 0.530. The Morgan fingerprint density at radius 3 is 2.82 bits per heavy atom. The fraction of sp³-hybridized carbons (Fsp3) is 0.833. The van der Waals surface area contributed by atoms with Gasteiger partial charge in [0.1, 0.15) is 6.61 Å². The monoisotopic (exact) mass is 177 g/mol. The Morgan fingerprint density at radius 1 is 1.64 bits per heavy atom. The van der Waals surface area contributed by atoms with E-state index in [9.17, 15) is 8.42 Å². The highest BCUT2D eigenvalue weighted by molar-refractivity contribution is 7.92. The smallest absolute Gasteiger partial charge is 0.156 e. The molecule has 4 nitrogen and oxygen atoms in total. The van der Waals surface area contributed by atoms with Crippen molar-refractivity contribution in [2.24, 2.45) is 5.16 Å². The van der Waals surface area contributed by atoms with Gasteiger partial charge in [-0.05, 0) is 6.92 Å². The molecule has 0 bridgehead atoms. The lowest BCUT2D eigenvalue weighted by Gasteiger charge is -1.92. The molecule has 0 unspecified atom stereocenters. The van der Waals surface area contributed by atoms with Crippen LogP contribution in [0.5, 0.6) is 0 Å². The van der Waals surface area contributed by atoms with E-state index in [0.717, 1.165) is 0 Å². The van der Waals surface area contributed by atoms with Gasteiger partial charge in [0.25, 0.3) is 0 Å². The first-order valence-electron chi connectivity index (χ1n) is 3.52. The number of hydrogen-bond acceptors (Lipinski definition) is 4. The summed E-state index contributed by atoms with van der Waals surface area (Å²) in [5.74, 6) is 0.298. The van der Waals surface area contributed by atoms with Crippen molar-refractivity contribution < 1.29 is 13.3 Å². The maximum atomic E-state index is 10.9. The normalized spacial score (nSPS) is 25.7. The maximum absolute atomic E-state index is 10.9. The minimum Gasteiger partial charge on any atom is -0.396 e. The van der Waals surface area contributed by atoms with Gasteiger partial charge in [-0.25, -0.2) is 8.42 Å². The molecule has 0 amide bonds. The zero-order valence-electron chi connectivity index (χ0n) is 6.41. The molecule has 1 fully saturated rings. The van der Waals surface area contributed by atoms with Crippen molar-refractivity contribution >= 4 is 15.5 Å². The summed E-state index contributed by atoms with van der Waals surface area (Å²) in [5.41, 5.74) is 0.645. The fourth-order valence-electron chi connectivity index (χ4n) is 0.899. The van der Waals surface area contributed by atoms with Crippen LogP contribution in [0.15, 0.2) is 5.16 Å². The molecule has 11 heavy (non-hydrogen) atoms. The van der Waals surface area contributed by atoms with Crippen LogP contribution in [0.1, 0.15) is 13.3 Å². The molecule has 1 aliphatic rings. The molecule has 0 aromatic heterocycles. The highest BCUT2D eigenvalue weighted by Crippen LogP contribution is 2.08. The maximum Gasteiger partial charge on any atom is 0.156 e. The van der Waals surface area contributed by atoms with Gasteiger partial charge in [0, 0.05) is 6.42 Å². The summed E-state index contributed by atoms with van der Waals surface area (Å²) < 4.78 is 21.7. The van der Waals surface area contributed by atoms with E-state index in [1.807, 2.05) is 6.92 Å². The molecule has 0 atom stereocenters. The van der Waals surface area contributed by atoms with Gasteiger partial charge < -0.3 is 4.84 Å². The van der Waals surface area contributed by atoms with Crippen molar-refractivity contribution in [1.82, 2.24) is 0 Å². The third-order valence-corrected chi connectivity index (χ3v) is 3.01. The summed E-state index contributed by atoms with van der Waals surface area (Å²) in [6, 6.07) is 0. The lowest BCUT2D eigenvalue weighted by atomic mass is 10.3. The lowest BCUT2D eigenvalue weighted by Crippen LogP contribution is -2.04. The Bertz CT molecular complexity index is 255. The van der Waals surface area contributed by atoms with E-state index in [0.29, 0.717) is 18.7 Å². The molecule has 0 aliphatic carbocycles. The van der Waals surface area contributed by atoms with Gasteiger partial charge >= 0.3 is 0 Å². The molecule has 0 N–H and O–H groups in total. The van der Waals surface area contributed by atoms with Crippen molar-refractivity contribution in [3.05, 3.63) is 0 Å². The zero-order chi connectivity index (χ0) is 8.32. The van der Waals surface area contributed by atoms with Crippen LogP contribution in [0.4, 0.5) is 0 Å². The molecule has 0 aromatic rings. The molecule has 64 valence electrons. The van der Waals surface area contributed by atoms with Crippen molar-refractivity contribution in [3.8, 4) is 0 Å². The van der Waals surface area contributed by atoms with Crippen molar-refractivity contribution in [1.29, 1.82) is 0 Å². The molecule has 0 aromatic carbocycles. The summed E-state index contributed by atoms with van der Waals surface area (Å²) in [6.45, 7) is 2.30. The molecular weight excluding hydrogens is 166 g/mol. The number of rotatable bonds is 2. The first-order chi connectivity index (χ1) is 5.14. The summed E-state index contributed by atoms with van der Waals surface area (Å²) in [5, 5.41) is 3.67. The fourth-order valence-corrected chi connectivity index (χ4v) is 2.30. The van der Waals surface area contributed by atoms with Gasteiger partial charge in [0.05, 0.1) is 17.2 Å². The van der Waals surface area contributed by atoms with E-state index in [2.05, 4.69) is 5.16 Å². The standard InChI is InChI=1S/C6H11NO3S/c1-2-10-7-6-3-4-11(8,9)5-6/h2-5H2,1H3/b7-6+. The molecule has 1 heterocycles. The minimum absolute atomic E-state index is 0.0764. The molecule has 1 saturated heterocycles. The Labute approximate surface area is 66.1 Å². The van der Waals surface area contributed by atoms with Gasteiger partial charge in [-0.3, -0.25) is 0 Å². The molecule has 1 rings (SSSR count). The van der Waals surface area contributed by atoms with Crippen molar-refractivity contribution in [3.63, 3.8) is 0 Å². The topological polar surface area (TPSA) is 55.7 Å². The van der Waals surface area contributed by atoms with Gasteiger partial charge in [0.2, 0.25) is 0 Å². The van der Waals surface area contributed by atoms with Crippen molar-refractivity contribution in [2.75, 3.05) is 18.1 Å². The molecule has 5 heteroatoms. The average Bonchev–Trinajstić information content (AvgIpc) is 2.26. The number of nitrogens with zero attached hydrogens (tertiary/aromatic N) is 1. The van der Waals surface area contributed by atoms with Crippen LogP contribution in [0.3, 0.4) is 0 Å². The van der Waals surface area contributed by atoms with Crippen LogP contribution in [0.25, 0.3) is 0 Å². The molecular formula is C6H11NO3S. The number of hydrogen-bond donors (Lipinski definition) is 0. The second kappa shape index (κ2) is 3.21. The SMILES string of the molecule is CCO/N=C1\CCS(=O)(=O)C1. The largest absolute Gasteiger partial charge is 0.396 e. The second-order valence-electron chi connectivity index (χ2n) is 2.42. The van der Waals surface area contributed by atoms with Gasteiger partial charge in [-0.2, -0.15) is 0 Å². The predicted octanol–water partition coefficient (Wildman–Crippen LogP) is 0.197. The Hall–Kier alpha value is -0.580. The van der Waals surface area contributed by atoms with Crippen molar-refractivity contribution in [2.45, 2.75) is 13.3 Å². The van der Waals surface area contributed by atoms with Crippen LogP contribution < -0.4 is 0 Å². The summed E-state index contributed by atoms with van der Waals surface area (Å²) in [4.78, 5) is 4.73. The Balaban J connectivity index is 2.54. The van der Waals surface area contributed by atoms with E-state index in [1.165, 1.54) is 0 Å². The highest BCUT2D eigenvalue weighted by Gasteiger charge is 2.24. The van der Waals surface area contributed by atoms with E-state index in [4.69, 9.17) is 4.84 Å². The van der Waals surface area contributed by atoms with E-state index < -0.39 is 9.84 Å². The minimum atomic E-state index is -2.84. The van der Waals surface area contributed by atoms with Crippen LogP contribution in [-0.4, -0.2) is 32.2 Å². The van der Waals surface area contributed by atoms with E-state index in [1.54, 1.807) is 0 Å². The predicted molar refractivity (Wildman–Crippen MR) is 42.3 cm³/mol. The Morgan fingerprint density at radius 2 is 2.36 bits per heavy atom. The number of sulfone groups is 1. The Kier molecular flexibility index (Phi) is 2.49. The quantitative estimate of drug-likeness (QED) is 0.566. The summed E-state index contributed by atoms with van der Waals surface area (Å²) in [7, 11) is -2.84.